The number of ether oxygens (including phenoxy) is 2. The van der Waals surface area contributed by atoms with Gasteiger partial charge < -0.3 is 9.47 Å². The molecule has 0 spiro atoms. The van der Waals surface area contributed by atoms with Gasteiger partial charge in [-0.3, -0.25) is 0 Å². The second-order valence-corrected chi connectivity index (χ2v) is 4.35. The van der Waals surface area contributed by atoms with Gasteiger partial charge in [-0.25, -0.2) is 9.59 Å². The molecule has 0 atom stereocenters. The molecule has 0 aliphatic rings. The van der Waals surface area contributed by atoms with Crippen LogP contribution in [0.1, 0.15) is 47.5 Å². The third kappa shape index (κ3) is 5.34. The number of carbonyl (C=O) groups excluding carboxylic acids is 2. The highest BCUT2D eigenvalue weighted by Crippen LogP contribution is 2.20. The van der Waals surface area contributed by atoms with Crippen molar-refractivity contribution in [1.29, 1.82) is 0 Å². The Labute approximate surface area is 109 Å². The van der Waals surface area contributed by atoms with Gasteiger partial charge in [0.15, 0.2) is 0 Å². The lowest BCUT2D eigenvalue weighted by Crippen LogP contribution is -2.17. The van der Waals surface area contributed by atoms with E-state index >= 15 is 0 Å². The number of esters is 2. The average Bonchev–Trinajstić information content (AvgIpc) is 2.28. The predicted molar refractivity (Wildman–Crippen MR) is 70.0 cm³/mol. The number of hydrogen-bond donors (Lipinski definition) is 0. The van der Waals surface area contributed by atoms with Crippen molar-refractivity contribution < 1.29 is 19.1 Å². The largest absolute Gasteiger partial charge is 0.463 e. The van der Waals surface area contributed by atoms with Crippen molar-refractivity contribution in [2.45, 2.75) is 47.5 Å². The third-order valence-corrected chi connectivity index (χ3v) is 2.37. The van der Waals surface area contributed by atoms with Gasteiger partial charge in [0.1, 0.15) is 0 Å². The highest BCUT2D eigenvalue weighted by molar-refractivity contribution is 6.00. The molecular formula is C14H24O4. The summed E-state index contributed by atoms with van der Waals surface area (Å²) in [6, 6.07) is 0. The molecule has 0 unspecified atom stereocenters. The summed E-state index contributed by atoms with van der Waals surface area (Å²) < 4.78 is 9.99. The van der Waals surface area contributed by atoms with Crippen molar-refractivity contribution in [2.75, 3.05) is 13.2 Å². The first kappa shape index (κ1) is 16.7. The molecule has 0 saturated heterocycles. The Morgan fingerprint density at radius 1 is 0.889 bits per heavy atom. The number of hydrogen-bond acceptors (Lipinski definition) is 4. The van der Waals surface area contributed by atoms with Crippen LogP contribution in [-0.2, 0) is 19.1 Å². The van der Waals surface area contributed by atoms with Crippen LogP contribution in [0.4, 0.5) is 0 Å². The van der Waals surface area contributed by atoms with E-state index in [1.807, 2.05) is 20.8 Å². The van der Waals surface area contributed by atoms with Crippen molar-refractivity contribution in [3.8, 4) is 0 Å². The Hall–Kier alpha value is -1.32. The maximum atomic E-state index is 11.9. The Morgan fingerprint density at radius 3 is 1.67 bits per heavy atom. The Bertz CT molecular complexity index is 316. The van der Waals surface area contributed by atoms with Crippen molar-refractivity contribution in [3.63, 3.8) is 0 Å². The lowest BCUT2D eigenvalue weighted by atomic mass is 9.96. The van der Waals surface area contributed by atoms with E-state index in [1.54, 1.807) is 13.8 Å². The summed E-state index contributed by atoms with van der Waals surface area (Å²) in [5.74, 6) is -0.541. The molecule has 0 bridgehead atoms. The van der Waals surface area contributed by atoms with E-state index < -0.39 is 11.9 Å². The standard InChI is InChI=1S/C14H24O4/c1-6-11(13(15)17-7-2)12(9-10(4)5)14(16)18-8-3/h10H,6-9H2,1-5H3/b12-11-. The van der Waals surface area contributed by atoms with Gasteiger partial charge in [-0.1, -0.05) is 20.8 Å². The van der Waals surface area contributed by atoms with Crippen LogP contribution in [0.2, 0.25) is 0 Å². The van der Waals surface area contributed by atoms with E-state index in [4.69, 9.17) is 9.47 Å². The van der Waals surface area contributed by atoms with E-state index in [-0.39, 0.29) is 5.92 Å². The second-order valence-electron chi connectivity index (χ2n) is 4.35. The quantitative estimate of drug-likeness (QED) is 0.519. The molecule has 0 fully saturated rings. The van der Waals surface area contributed by atoms with E-state index in [0.29, 0.717) is 37.2 Å². The fourth-order valence-electron chi connectivity index (χ4n) is 1.66. The number of rotatable bonds is 7. The summed E-state index contributed by atoms with van der Waals surface area (Å²) >= 11 is 0. The van der Waals surface area contributed by atoms with Gasteiger partial charge in [0, 0.05) is 11.1 Å². The molecule has 4 nitrogen and oxygen atoms in total. The van der Waals surface area contributed by atoms with Gasteiger partial charge in [-0.15, -0.1) is 0 Å². The molecular weight excluding hydrogens is 232 g/mol. The van der Waals surface area contributed by atoms with Crippen molar-refractivity contribution in [3.05, 3.63) is 11.1 Å². The summed E-state index contributed by atoms with van der Waals surface area (Å²) in [5, 5.41) is 0. The molecule has 18 heavy (non-hydrogen) atoms. The summed E-state index contributed by atoms with van der Waals surface area (Å²) in [7, 11) is 0. The summed E-state index contributed by atoms with van der Waals surface area (Å²) in [6.07, 6.45) is 1.00. The Balaban J connectivity index is 5.29. The molecule has 0 heterocycles. The summed E-state index contributed by atoms with van der Waals surface area (Å²) in [4.78, 5) is 23.7. The normalized spacial score (nSPS) is 12.1. The minimum atomic E-state index is -0.413. The molecule has 0 saturated carbocycles. The molecule has 4 heteroatoms. The highest BCUT2D eigenvalue weighted by Gasteiger charge is 2.22. The fourth-order valence-corrected chi connectivity index (χ4v) is 1.66. The van der Waals surface area contributed by atoms with Crippen LogP contribution in [0.5, 0.6) is 0 Å². The highest BCUT2D eigenvalue weighted by atomic mass is 16.5. The Kier molecular flexibility index (Phi) is 8.08. The predicted octanol–water partition coefficient (Wildman–Crippen LogP) is 2.87. The third-order valence-electron chi connectivity index (χ3n) is 2.37. The fraction of sp³-hybridized carbons (Fsp3) is 0.714. The monoisotopic (exact) mass is 256 g/mol. The molecule has 0 rings (SSSR count). The first-order valence-electron chi connectivity index (χ1n) is 6.54. The summed E-state index contributed by atoms with van der Waals surface area (Å²) in [5.41, 5.74) is 0.886. The Morgan fingerprint density at radius 2 is 1.33 bits per heavy atom. The first-order valence-corrected chi connectivity index (χ1v) is 6.54. The topological polar surface area (TPSA) is 52.6 Å². The summed E-state index contributed by atoms with van der Waals surface area (Å²) in [6.45, 7) is 9.94. The molecule has 0 radical (unpaired) electrons. The second kappa shape index (κ2) is 8.72. The number of carbonyl (C=O) groups is 2. The minimum absolute atomic E-state index is 0.278. The van der Waals surface area contributed by atoms with Gasteiger partial charge in [0.05, 0.1) is 13.2 Å². The molecule has 0 aromatic heterocycles. The van der Waals surface area contributed by atoms with Gasteiger partial charge >= 0.3 is 11.9 Å². The lowest BCUT2D eigenvalue weighted by molar-refractivity contribution is -0.142. The smallest absolute Gasteiger partial charge is 0.334 e. The molecule has 0 aliphatic carbocycles. The average molecular weight is 256 g/mol. The molecule has 0 aromatic carbocycles. The van der Waals surface area contributed by atoms with Crippen LogP contribution in [-0.4, -0.2) is 25.2 Å². The molecule has 0 amide bonds. The lowest BCUT2D eigenvalue weighted by Gasteiger charge is -2.14. The van der Waals surface area contributed by atoms with Gasteiger partial charge in [-0.05, 0) is 32.6 Å². The van der Waals surface area contributed by atoms with Crippen LogP contribution in [0.3, 0.4) is 0 Å². The zero-order valence-corrected chi connectivity index (χ0v) is 12.0. The zero-order chi connectivity index (χ0) is 14.1. The van der Waals surface area contributed by atoms with E-state index in [0.717, 1.165) is 0 Å². The van der Waals surface area contributed by atoms with Crippen molar-refractivity contribution in [1.82, 2.24) is 0 Å². The molecule has 0 aliphatic heterocycles. The minimum Gasteiger partial charge on any atom is -0.463 e. The molecule has 0 aromatic rings. The van der Waals surface area contributed by atoms with Crippen molar-refractivity contribution in [2.24, 2.45) is 5.92 Å². The van der Waals surface area contributed by atoms with Crippen LogP contribution < -0.4 is 0 Å². The maximum Gasteiger partial charge on any atom is 0.334 e. The first-order chi connectivity index (χ1) is 8.47. The van der Waals surface area contributed by atoms with E-state index in [1.165, 1.54) is 0 Å². The van der Waals surface area contributed by atoms with Gasteiger partial charge in [0.2, 0.25) is 0 Å². The van der Waals surface area contributed by atoms with Crippen molar-refractivity contribution >= 4 is 11.9 Å². The van der Waals surface area contributed by atoms with Crippen LogP contribution in [0.25, 0.3) is 0 Å². The zero-order valence-electron chi connectivity index (χ0n) is 12.0. The van der Waals surface area contributed by atoms with Crippen LogP contribution in [0, 0.1) is 5.92 Å². The van der Waals surface area contributed by atoms with E-state index in [2.05, 4.69) is 0 Å². The van der Waals surface area contributed by atoms with Gasteiger partial charge in [0.25, 0.3) is 0 Å². The van der Waals surface area contributed by atoms with Gasteiger partial charge in [-0.2, -0.15) is 0 Å². The SMILES string of the molecule is CCOC(=O)/C(CC)=C(/CC(C)C)C(=O)OCC. The molecule has 104 valence electrons. The van der Waals surface area contributed by atoms with Crippen LogP contribution >= 0.6 is 0 Å². The maximum absolute atomic E-state index is 11.9. The van der Waals surface area contributed by atoms with Crippen LogP contribution in [0.15, 0.2) is 11.1 Å². The molecule has 0 N–H and O–H groups in total. The van der Waals surface area contributed by atoms with E-state index in [9.17, 15) is 9.59 Å².